The largest absolute Gasteiger partial charge is 0.461 e. The fourth-order valence-corrected chi connectivity index (χ4v) is 2.59. The number of nitrogens with one attached hydrogen (secondary N) is 1. The number of para-hydroxylation sites is 1. The van der Waals surface area contributed by atoms with Gasteiger partial charge in [0.05, 0.1) is 12.0 Å². The van der Waals surface area contributed by atoms with Gasteiger partial charge in [0.15, 0.2) is 10.9 Å². The summed E-state index contributed by atoms with van der Waals surface area (Å²) in [5, 5.41) is 10.9. The molecular weight excluding hydrogens is 316 g/mol. The lowest BCUT2D eigenvalue weighted by molar-refractivity contribution is -0.113. The van der Waals surface area contributed by atoms with E-state index in [2.05, 4.69) is 15.5 Å². The first-order valence-corrected chi connectivity index (χ1v) is 7.68. The van der Waals surface area contributed by atoms with Gasteiger partial charge in [-0.3, -0.25) is 9.59 Å². The predicted octanol–water partition coefficient (Wildman–Crippen LogP) is 2.31. The van der Waals surface area contributed by atoms with Crippen molar-refractivity contribution < 1.29 is 14.0 Å². The molecule has 0 atom stereocenters. The van der Waals surface area contributed by atoms with Gasteiger partial charge in [0.1, 0.15) is 0 Å². The van der Waals surface area contributed by atoms with Crippen LogP contribution in [-0.2, 0) is 9.59 Å². The maximum atomic E-state index is 11.9. The van der Waals surface area contributed by atoms with E-state index in [-0.39, 0.29) is 11.7 Å². The molecule has 3 aromatic rings. The van der Waals surface area contributed by atoms with Crippen molar-refractivity contribution in [3.05, 3.63) is 48.7 Å². The first kappa shape index (κ1) is 15.0. The Labute approximate surface area is 135 Å². The van der Waals surface area contributed by atoms with Gasteiger partial charge in [-0.1, -0.05) is 30.0 Å². The molecule has 116 valence electrons. The third-order valence-corrected chi connectivity index (χ3v) is 3.84. The number of hydrogen-bond acceptors (Lipinski definition) is 6. The molecule has 0 radical (unpaired) electrons. The molecule has 2 heterocycles. The molecule has 3 rings (SSSR count). The zero-order chi connectivity index (χ0) is 16.1. The third kappa shape index (κ3) is 3.49. The summed E-state index contributed by atoms with van der Waals surface area (Å²) in [4.78, 5) is 23.2. The van der Waals surface area contributed by atoms with E-state index in [4.69, 9.17) is 4.42 Å². The minimum absolute atomic E-state index is 0.110. The van der Waals surface area contributed by atoms with Gasteiger partial charge in [-0.2, -0.15) is 0 Å². The molecule has 23 heavy (non-hydrogen) atoms. The molecule has 1 N–H and O–H groups in total. The average Bonchev–Trinajstić information content (AvgIpc) is 3.22. The van der Waals surface area contributed by atoms with Crippen LogP contribution in [0.4, 0.5) is 5.69 Å². The number of furan rings is 1. The summed E-state index contributed by atoms with van der Waals surface area (Å²) in [6.07, 6.45) is 2.08. The fraction of sp³-hybridized carbons (Fsp3) is 0.0667. The Hall–Kier alpha value is -2.87. The van der Waals surface area contributed by atoms with Gasteiger partial charge >= 0.3 is 0 Å². The zero-order valence-electron chi connectivity index (χ0n) is 11.9. The van der Waals surface area contributed by atoms with Gasteiger partial charge in [-0.05, 0) is 24.3 Å². The smallest absolute Gasteiger partial charge is 0.234 e. The van der Waals surface area contributed by atoms with Crippen molar-refractivity contribution in [2.45, 2.75) is 5.16 Å². The van der Waals surface area contributed by atoms with Crippen molar-refractivity contribution in [1.29, 1.82) is 0 Å². The number of carbonyl (C=O) groups is 2. The highest BCUT2D eigenvalue weighted by Gasteiger charge is 2.16. The molecule has 1 aromatic carbocycles. The van der Waals surface area contributed by atoms with Crippen LogP contribution >= 0.6 is 11.8 Å². The van der Waals surface area contributed by atoms with E-state index in [0.717, 1.165) is 11.8 Å². The maximum absolute atomic E-state index is 11.9. The zero-order valence-corrected chi connectivity index (χ0v) is 12.7. The minimum Gasteiger partial charge on any atom is -0.461 e. The summed E-state index contributed by atoms with van der Waals surface area (Å²) < 4.78 is 6.46. The Balaban J connectivity index is 1.67. The first-order chi connectivity index (χ1) is 11.3. The minimum atomic E-state index is -0.193. The van der Waals surface area contributed by atoms with Crippen molar-refractivity contribution in [1.82, 2.24) is 14.8 Å². The van der Waals surface area contributed by atoms with Crippen LogP contribution < -0.4 is 5.32 Å². The maximum Gasteiger partial charge on any atom is 0.234 e. The molecule has 7 nitrogen and oxygen atoms in total. The summed E-state index contributed by atoms with van der Waals surface area (Å²) in [6.45, 7) is 0. The number of carbonyl (C=O) groups excluding carboxylic acids is 2. The Morgan fingerprint density at radius 3 is 2.74 bits per heavy atom. The first-order valence-electron chi connectivity index (χ1n) is 6.69. The van der Waals surface area contributed by atoms with E-state index < -0.39 is 0 Å². The van der Waals surface area contributed by atoms with Crippen molar-refractivity contribution in [2.24, 2.45) is 0 Å². The number of rotatable bonds is 6. The normalized spacial score (nSPS) is 10.4. The molecule has 0 fully saturated rings. The summed E-state index contributed by atoms with van der Waals surface area (Å²) in [5.74, 6) is 0.654. The molecule has 0 saturated heterocycles. The summed E-state index contributed by atoms with van der Waals surface area (Å²) in [7, 11) is 0. The van der Waals surface area contributed by atoms with Gasteiger partial charge in [-0.25, -0.2) is 4.57 Å². The van der Waals surface area contributed by atoms with E-state index >= 15 is 0 Å². The van der Waals surface area contributed by atoms with Crippen LogP contribution in [0.25, 0.3) is 11.6 Å². The van der Waals surface area contributed by atoms with Crippen molar-refractivity contribution in [3.8, 4) is 11.6 Å². The second kappa shape index (κ2) is 6.93. The molecule has 0 saturated carbocycles. The lowest BCUT2D eigenvalue weighted by Crippen LogP contribution is -2.14. The number of aromatic nitrogens is 3. The molecule has 0 aliphatic carbocycles. The van der Waals surface area contributed by atoms with E-state index in [9.17, 15) is 9.59 Å². The number of thioether (sulfide) groups is 1. The second-order valence-corrected chi connectivity index (χ2v) is 5.40. The Kier molecular flexibility index (Phi) is 4.53. The highest BCUT2D eigenvalue weighted by molar-refractivity contribution is 7.99. The molecule has 0 aliphatic rings. The molecule has 0 unspecified atom stereocenters. The quantitative estimate of drug-likeness (QED) is 0.551. The number of nitrogens with zero attached hydrogens (tertiary/aromatic N) is 3. The Morgan fingerprint density at radius 1 is 1.22 bits per heavy atom. The lowest BCUT2D eigenvalue weighted by atomic mass is 10.3. The predicted molar refractivity (Wildman–Crippen MR) is 85.7 cm³/mol. The highest BCUT2D eigenvalue weighted by Crippen LogP contribution is 2.23. The Bertz CT molecular complexity index is 800. The van der Waals surface area contributed by atoms with Crippen LogP contribution in [0, 0.1) is 0 Å². The molecule has 8 heteroatoms. The van der Waals surface area contributed by atoms with Crippen LogP contribution in [0.1, 0.15) is 0 Å². The van der Waals surface area contributed by atoms with Gasteiger partial charge in [0.2, 0.25) is 18.1 Å². The Morgan fingerprint density at radius 2 is 2.04 bits per heavy atom. The summed E-state index contributed by atoms with van der Waals surface area (Å²) >= 11 is 1.12. The van der Waals surface area contributed by atoms with Crippen molar-refractivity contribution >= 4 is 29.8 Å². The van der Waals surface area contributed by atoms with Gasteiger partial charge in [0.25, 0.3) is 0 Å². The molecule has 2 aromatic heterocycles. The number of amides is 1. The molecular formula is C15H12N4O3S. The molecule has 0 spiro atoms. The topological polar surface area (TPSA) is 90.0 Å². The highest BCUT2D eigenvalue weighted by atomic mass is 32.2. The van der Waals surface area contributed by atoms with Crippen molar-refractivity contribution in [3.63, 3.8) is 0 Å². The van der Waals surface area contributed by atoms with Gasteiger partial charge in [-0.15, -0.1) is 10.2 Å². The van der Waals surface area contributed by atoms with Crippen molar-refractivity contribution in [2.75, 3.05) is 11.1 Å². The van der Waals surface area contributed by atoms with E-state index in [1.54, 1.807) is 24.3 Å². The number of hydrogen-bond donors (Lipinski definition) is 1. The van der Waals surface area contributed by atoms with Crippen LogP contribution in [0.2, 0.25) is 0 Å². The SMILES string of the molecule is O=Cn1c(SCC(=O)Nc2ccccc2)nnc1-c1ccco1. The van der Waals surface area contributed by atoms with Crippen LogP contribution in [0.3, 0.4) is 0 Å². The number of anilines is 1. The van der Waals surface area contributed by atoms with Crippen LogP contribution in [-0.4, -0.2) is 32.8 Å². The van der Waals surface area contributed by atoms with Crippen LogP contribution in [0.5, 0.6) is 0 Å². The van der Waals surface area contributed by atoms with Crippen LogP contribution in [0.15, 0.2) is 58.3 Å². The number of benzene rings is 1. The monoisotopic (exact) mass is 328 g/mol. The van der Waals surface area contributed by atoms with E-state index in [0.29, 0.717) is 28.8 Å². The third-order valence-electron chi connectivity index (χ3n) is 2.90. The molecule has 1 amide bonds. The lowest BCUT2D eigenvalue weighted by Gasteiger charge is -2.04. The second-order valence-electron chi connectivity index (χ2n) is 4.46. The standard InChI is InChI=1S/C15H12N4O3S/c20-10-19-14(12-7-4-8-22-12)17-18-15(19)23-9-13(21)16-11-5-2-1-3-6-11/h1-8,10H,9H2,(H,16,21). The summed E-state index contributed by atoms with van der Waals surface area (Å²) in [5.41, 5.74) is 0.714. The van der Waals surface area contributed by atoms with E-state index in [1.807, 2.05) is 18.2 Å². The average molecular weight is 328 g/mol. The van der Waals surface area contributed by atoms with Gasteiger partial charge in [0, 0.05) is 5.69 Å². The molecule has 0 aliphatic heterocycles. The fourth-order valence-electron chi connectivity index (χ4n) is 1.89. The van der Waals surface area contributed by atoms with E-state index in [1.165, 1.54) is 10.8 Å². The van der Waals surface area contributed by atoms with Gasteiger partial charge < -0.3 is 9.73 Å². The molecule has 0 bridgehead atoms. The summed E-state index contributed by atoms with van der Waals surface area (Å²) in [6, 6.07) is 12.5.